The molecule has 1 heterocycles. The average molecular weight is 317 g/mol. The molecule has 0 aliphatic rings. The molecule has 0 atom stereocenters. The smallest absolute Gasteiger partial charge is 0.357 e. The molecule has 7 heteroatoms. The number of nitro groups is 1. The molecule has 0 aliphatic carbocycles. The predicted molar refractivity (Wildman–Crippen MR) is 84.8 cm³/mol. The highest BCUT2D eigenvalue weighted by molar-refractivity contribution is 5.89. The fraction of sp³-hybridized carbons (Fsp3) is 0.375. The quantitative estimate of drug-likeness (QED) is 0.480. The van der Waals surface area contributed by atoms with E-state index in [0.29, 0.717) is 29.5 Å². The average Bonchev–Trinajstić information content (AvgIpc) is 2.79. The number of aromatic nitrogens is 2. The van der Waals surface area contributed by atoms with E-state index in [4.69, 9.17) is 4.74 Å². The van der Waals surface area contributed by atoms with Gasteiger partial charge in [-0.15, -0.1) is 0 Å². The van der Waals surface area contributed by atoms with Gasteiger partial charge in [0.2, 0.25) is 0 Å². The number of hydrogen-bond acceptors (Lipinski definition) is 5. The number of nitro benzene ring substituents is 1. The summed E-state index contributed by atoms with van der Waals surface area (Å²) >= 11 is 0. The maximum atomic E-state index is 12.4. The molecule has 0 spiro atoms. The van der Waals surface area contributed by atoms with Crippen molar-refractivity contribution in [2.75, 3.05) is 6.61 Å². The van der Waals surface area contributed by atoms with E-state index in [1.54, 1.807) is 30.5 Å². The van der Waals surface area contributed by atoms with E-state index in [0.717, 1.165) is 0 Å². The second kappa shape index (κ2) is 6.60. The summed E-state index contributed by atoms with van der Waals surface area (Å²) in [5, 5.41) is 11.0. The molecule has 7 nitrogen and oxygen atoms in total. The van der Waals surface area contributed by atoms with Crippen molar-refractivity contribution < 1.29 is 14.5 Å². The summed E-state index contributed by atoms with van der Waals surface area (Å²) in [5.74, 6) is 0.303. The molecule has 122 valence electrons. The maximum absolute atomic E-state index is 12.4. The summed E-state index contributed by atoms with van der Waals surface area (Å²) in [4.78, 5) is 27.2. The number of carbonyl (C=O) groups excluding carboxylic acids is 1. The summed E-state index contributed by atoms with van der Waals surface area (Å²) in [6.45, 7) is 7.65. The van der Waals surface area contributed by atoms with Crippen LogP contribution in [-0.2, 0) is 4.74 Å². The van der Waals surface area contributed by atoms with Crippen molar-refractivity contribution in [3.05, 3.63) is 51.6 Å². The molecule has 0 unspecified atom stereocenters. The van der Waals surface area contributed by atoms with Crippen molar-refractivity contribution in [2.45, 2.75) is 27.7 Å². The van der Waals surface area contributed by atoms with Gasteiger partial charge in [-0.1, -0.05) is 19.9 Å². The fourth-order valence-electron chi connectivity index (χ4n) is 2.28. The van der Waals surface area contributed by atoms with Crippen LogP contribution in [0, 0.1) is 29.9 Å². The van der Waals surface area contributed by atoms with Gasteiger partial charge in [0, 0.05) is 12.1 Å². The third kappa shape index (κ3) is 3.56. The zero-order chi connectivity index (χ0) is 17.1. The first-order valence-corrected chi connectivity index (χ1v) is 7.29. The molecule has 23 heavy (non-hydrogen) atoms. The highest BCUT2D eigenvalue weighted by atomic mass is 16.6. The Morgan fingerprint density at radius 3 is 2.70 bits per heavy atom. The second-order valence-corrected chi connectivity index (χ2v) is 5.70. The Morgan fingerprint density at radius 1 is 1.39 bits per heavy atom. The molecular formula is C16H19N3O4. The standard InChI is InChI=1S/C16H19N3O4/c1-10(2)9-23-16(20)15-11(3)17-12(4)18(15)13-6-5-7-14(8-13)19(21)22/h5-8,10H,9H2,1-4H3. The van der Waals surface area contributed by atoms with Gasteiger partial charge in [-0.3, -0.25) is 14.7 Å². The molecule has 0 aliphatic heterocycles. The van der Waals surface area contributed by atoms with Crippen LogP contribution >= 0.6 is 0 Å². The summed E-state index contributed by atoms with van der Waals surface area (Å²) in [7, 11) is 0. The fourth-order valence-corrected chi connectivity index (χ4v) is 2.28. The molecule has 2 aromatic rings. The van der Waals surface area contributed by atoms with Crippen molar-refractivity contribution in [1.82, 2.24) is 9.55 Å². The van der Waals surface area contributed by atoms with Gasteiger partial charge in [0.1, 0.15) is 5.82 Å². The number of benzene rings is 1. The topological polar surface area (TPSA) is 87.3 Å². The molecule has 0 bridgehead atoms. The zero-order valence-electron chi connectivity index (χ0n) is 13.6. The third-order valence-corrected chi connectivity index (χ3v) is 3.26. The molecule has 0 saturated carbocycles. The van der Waals surface area contributed by atoms with Crippen LogP contribution in [0.25, 0.3) is 5.69 Å². The molecule has 0 amide bonds. The van der Waals surface area contributed by atoms with Gasteiger partial charge in [0.05, 0.1) is 22.9 Å². The second-order valence-electron chi connectivity index (χ2n) is 5.70. The van der Waals surface area contributed by atoms with E-state index >= 15 is 0 Å². The first-order valence-electron chi connectivity index (χ1n) is 7.29. The van der Waals surface area contributed by atoms with Crippen molar-refractivity contribution in [3.63, 3.8) is 0 Å². The van der Waals surface area contributed by atoms with E-state index in [1.165, 1.54) is 12.1 Å². The minimum absolute atomic E-state index is 0.0465. The number of non-ortho nitro benzene ring substituents is 1. The van der Waals surface area contributed by atoms with Gasteiger partial charge in [-0.25, -0.2) is 9.78 Å². The minimum atomic E-state index is -0.483. The van der Waals surface area contributed by atoms with Crippen molar-refractivity contribution in [2.24, 2.45) is 5.92 Å². The Hall–Kier alpha value is -2.70. The lowest BCUT2D eigenvalue weighted by Gasteiger charge is -2.12. The Balaban J connectivity index is 2.49. The van der Waals surface area contributed by atoms with E-state index in [-0.39, 0.29) is 11.6 Å². The predicted octanol–water partition coefficient (Wildman–Crippen LogP) is 3.21. The lowest BCUT2D eigenvalue weighted by Crippen LogP contribution is -2.16. The first kappa shape index (κ1) is 16.7. The number of aryl methyl sites for hydroxylation is 2. The Bertz CT molecular complexity index is 750. The summed E-state index contributed by atoms with van der Waals surface area (Å²) in [6.07, 6.45) is 0. The van der Waals surface area contributed by atoms with Crippen LogP contribution in [0.5, 0.6) is 0 Å². The lowest BCUT2D eigenvalue weighted by molar-refractivity contribution is -0.384. The summed E-state index contributed by atoms with van der Waals surface area (Å²) in [5.41, 5.74) is 1.29. The Labute approximate surface area is 134 Å². The van der Waals surface area contributed by atoms with Gasteiger partial charge in [-0.05, 0) is 25.8 Å². The normalized spacial score (nSPS) is 10.8. The van der Waals surface area contributed by atoms with Crippen molar-refractivity contribution in [3.8, 4) is 5.69 Å². The van der Waals surface area contributed by atoms with Gasteiger partial charge in [0.25, 0.3) is 5.69 Å². The minimum Gasteiger partial charge on any atom is -0.461 e. The molecule has 1 aromatic carbocycles. The van der Waals surface area contributed by atoms with E-state index in [9.17, 15) is 14.9 Å². The maximum Gasteiger partial charge on any atom is 0.357 e. The van der Waals surface area contributed by atoms with Gasteiger partial charge < -0.3 is 4.74 Å². The number of rotatable bonds is 5. The van der Waals surface area contributed by atoms with Crippen LogP contribution < -0.4 is 0 Å². The van der Waals surface area contributed by atoms with Crippen LogP contribution in [0.1, 0.15) is 35.9 Å². The lowest BCUT2D eigenvalue weighted by atomic mass is 10.2. The summed E-state index contributed by atoms with van der Waals surface area (Å²) in [6, 6.07) is 6.08. The Morgan fingerprint density at radius 2 is 2.09 bits per heavy atom. The van der Waals surface area contributed by atoms with Gasteiger partial charge in [-0.2, -0.15) is 0 Å². The van der Waals surface area contributed by atoms with E-state index < -0.39 is 10.9 Å². The van der Waals surface area contributed by atoms with Crippen LogP contribution in [0.15, 0.2) is 24.3 Å². The molecular weight excluding hydrogens is 298 g/mol. The van der Waals surface area contributed by atoms with E-state index in [2.05, 4.69) is 4.98 Å². The number of nitrogens with zero attached hydrogens (tertiary/aromatic N) is 3. The van der Waals surface area contributed by atoms with Crippen LogP contribution in [-0.4, -0.2) is 27.1 Å². The van der Waals surface area contributed by atoms with Crippen molar-refractivity contribution in [1.29, 1.82) is 0 Å². The highest BCUT2D eigenvalue weighted by Gasteiger charge is 2.22. The molecule has 2 rings (SSSR count). The molecule has 0 fully saturated rings. The third-order valence-electron chi connectivity index (χ3n) is 3.26. The highest BCUT2D eigenvalue weighted by Crippen LogP contribution is 2.22. The van der Waals surface area contributed by atoms with Crippen LogP contribution in [0.3, 0.4) is 0 Å². The molecule has 1 aromatic heterocycles. The molecule has 0 radical (unpaired) electrons. The first-order chi connectivity index (χ1) is 10.8. The zero-order valence-corrected chi connectivity index (χ0v) is 13.6. The van der Waals surface area contributed by atoms with Gasteiger partial charge >= 0.3 is 5.97 Å². The SMILES string of the molecule is Cc1nc(C)n(-c2cccc([N+](=O)[O-])c2)c1C(=O)OCC(C)C. The number of carbonyl (C=O) groups is 1. The van der Waals surface area contributed by atoms with E-state index in [1.807, 2.05) is 13.8 Å². The number of imidazole rings is 1. The van der Waals surface area contributed by atoms with Crippen LogP contribution in [0.4, 0.5) is 5.69 Å². The summed E-state index contributed by atoms with van der Waals surface area (Å²) < 4.78 is 6.88. The number of esters is 1. The largest absolute Gasteiger partial charge is 0.461 e. The molecule has 0 N–H and O–H groups in total. The Kier molecular flexibility index (Phi) is 4.78. The molecule has 0 saturated heterocycles. The van der Waals surface area contributed by atoms with Gasteiger partial charge in [0.15, 0.2) is 5.69 Å². The van der Waals surface area contributed by atoms with Crippen LogP contribution in [0.2, 0.25) is 0 Å². The number of ether oxygens (including phenoxy) is 1. The monoisotopic (exact) mass is 317 g/mol. The van der Waals surface area contributed by atoms with Crippen molar-refractivity contribution >= 4 is 11.7 Å². The number of hydrogen-bond donors (Lipinski definition) is 0.